The molecular weight excluding hydrogens is 178 g/mol. The van der Waals surface area contributed by atoms with Gasteiger partial charge in [-0.3, -0.25) is 20.2 Å². The average Bonchev–Trinajstić information content (AvgIpc) is 1.98. The van der Waals surface area contributed by atoms with Crippen LogP contribution in [0, 0.1) is 0 Å². The zero-order valence-corrected chi connectivity index (χ0v) is 7.03. The van der Waals surface area contributed by atoms with Crippen LogP contribution in [0.1, 0.15) is 6.92 Å². The molecule has 0 spiro atoms. The first kappa shape index (κ1) is 11.4. The van der Waals surface area contributed by atoms with Crippen molar-refractivity contribution >= 4 is 17.9 Å². The summed E-state index contributed by atoms with van der Waals surface area (Å²) < 4.78 is 0. The molecule has 0 heterocycles. The molecule has 13 heavy (non-hydrogen) atoms. The Bertz CT molecular complexity index is 228. The zero-order chi connectivity index (χ0) is 10.4. The Hall–Kier alpha value is -1.63. The molecule has 1 atom stereocenters. The minimum Gasteiger partial charge on any atom is -0.480 e. The van der Waals surface area contributed by atoms with Gasteiger partial charge in [0.2, 0.25) is 5.91 Å². The third-order valence-corrected chi connectivity index (χ3v) is 1.20. The van der Waals surface area contributed by atoms with Gasteiger partial charge in [0.25, 0.3) is 0 Å². The number of carboxylic acids is 1. The van der Waals surface area contributed by atoms with Crippen molar-refractivity contribution in [3.05, 3.63) is 0 Å². The maximum atomic E-state index is 10.7. The smallest absolute Gasteiger partial charge is 0.320 e. The lowest BCUT2D eigenvalue weighted by molar-refractivity contribution is -0.139. The zero-order valence-electron chi connectivity index (χ0n) is 7.03. The number of carbonyl (C=O) groups is 3. The van der Waals surface area contributed by atoms with E-state index in [1.807, 2.05) is 0 Å². The third-order valence-electron chi connectivity index (χ3n) is 1.20. The number of carbonyl (C=O) groups excluding carboxylic acids is 2. The standard InChI is InChI=1S/C6H11N3O4/c1-3(5(11)12)8-2-4(10)9-6(7)13/h3,8H,2H2,1H3,(H,11,12)(H3,7,9,10,13). The fourth-order valence-electron chi connectivity index (χ4n) is 0.515. The molecule has 0 radical (unpaired) electrons. The van der Waals surface area contributed by atoms with Crippen LogP contribution in [0.25, 0.3) is 0 Å². The van der Waals surface area contributed by atoms with Gasteiger partial charge in [0.05, 0.1) is 6.54 Å². The largest absolute Gasteiger partial charge is 0.480 e. The molecule has 5 N–H and O–H groups in total. The number of urea groups is 1. The van der Waals surface area contributed by atoms with Crippen LogP contribution in [0.2, 0.25) is 0 Å². The first-order chi connectivity index (χ1) is 5.93. The van der Waals surface area contributed by atoms with E-state index >= 15 is 0 Å². The van der Waals surface area contributed by atoms with Crippen molar-refractivity contribution in [3.63, 3.8) is 0 Å². The van der Waals surface area contributed by atoms with E-state index in [4.69, 9.17) is 5.11 Å². The molecule has 1 unspecified atom stereocenters. The molecule has 7 heteroatoms. The van der Waals surface area contributed by atoms with Crippen molar-refractivity contribution in [3.8, 4) is 0 Å². The Morgan fingerprint density at radius 2 is 2.00 bits per heavy atom. The fourth-order valence-corrected chi connectivity index (χ4v) is 0.515. The molecular formula is C6H11N3O4. The van der Waals surface area contributed by atoms with Crippen molar-refractivity contribution < 1.29 is 19.5 Å². The second-order valence-corrected chi connectivity index (χ2v) is 2.35. The van der Waals surface area contributed by atoms with Gasteiger partial charge < -0.3 is 10.8 Å². The van der Waals surface area contributed by atoms with E-state index in [2.05, 4.69) is 11.1 Å². The van der Waals surface area contributed by atoms with E-state index < -0.39 is 23.9 Å². The van der Waals surface area contributed by atoms with Gasteiger partial charge in [0.1, 0.15) is 6.04 Å². The summed E-state index contributed by atoms with van der Waals surface area (Å²) in [6.07, 6.45) is 0. The molecule has 3 amide bonds. The van der Waals surface area contributed by atoms with Crippen LogP contribution in [0.5, 0.6) is 0 Å². The SMILES string of the molecule is CC(NCC(=O)NC(N)=O)C(=O)O. The quantitative estimate of drug-likeness (QED) is 0.417. The van der Waals surface area contributed by atoms with E-state index in [1.54, 1.807) is 5.32 Å². The topological polar surface area (TPSA) is 122 Å². The second kappa shape index (κ2) is 5.09. The fraction of sp³-hybridized carbons (Fsp3) is 0.500. The van der Waals surface area contributed by atoms with Crippen molar-refractivity contribution in [1.29, 1.82) is 0 Å². The number of hydrogen-bond donors (Lipinski definition) is 4. The molecule has 0 saturated carbocycles. The van der Waals surface area contributed by atoms with Gasteiger partial charge in [-0.15, -0.1) is 0 Å². The number of hydrogen-bond acceptors (Lipinski definition) is 4. The number of rotatable bonds is 4. The molecule has 0 saturated heterocycles. The van der Waals surface area contributed by atoms with Crippen LogP contribution in [-0.4, -0.2) is 35.6 Å². The maximum absolute atomic E-state index is 10.7. The number of amides is 3. The molecule has 74 valence electrons. The van der Waals surface area contributed by atoms with Gasteiger partial charge in [-0.25, -0.2) is 4.79 Å². The van der Waals surface area contributed by atoms with Crippen LogP contribution in [0.3, 0.4) is 0 Å². The molecule has 7 nitrogen and oxygen atoms in total. The van der Waals surface area contributed by atoms with Crippen molar-refractivity contribution in [1.82, 2.24) is 10.6 Å². The maximum Gasteiger partial charge on any atom is 0.320 e. The lowest BCUT2D eigenvalue weighted by Crippen LogP contribution is -2.44. The molecule has 0 bridgehead atoms. The summed E-state index contributed by atoms with van der Waals surface area (Å²) in [5.41, 5.74) is 4.64. The monoisotopic (exact) mass is 189 g/mol. The summed E-state index contributed by atoms with van der Waals surface area (Å²) in [4.78, 5) is 31.1. The Kier molecular flexibility index (Phi) is 4.45. The Balaban J connectivity index is 3.70. The van der Waals surface area contributed by atoms with Crippen molar-refractivity contribution in [2.24, 2.45) is 5.73 Å². The lowest BCUT2D eigenvalue weighted by atomic mass is 10.3. The summed E-state index contributed by atoms with van der Waals surface area (Å²) in [5.74, 6) is -1.74. The van der Waals surface area contributed by atoms with Crippen LogP contribution in [0.4, 0.5) is 4.79 Å². The lowest BCUT2D eigenvalue weighted by Gasteiger charge is -2.07. The number of aliphatic carboxylic acids is 1. The van der Waals surface area contributed by atoms with E-state index in [-0.39, 0.29) is 6.54 Å². The molecule has 0 aromatic rings. The highest BCUT2D eigenvalue weighted by Crippen LogP contribution is 1.79. The number of imide groups is 1. The molecule has 0 aliphatic rings. The van der Waals surface area contributed by atoms with Crippen LogP contribution >= 0.6 is 0 Å². The molecule has 0 aliphatic heterocycles. The Morgan fingerprint density at radius 3 is 2.38 bits per heavy atom. The van der Waals surface area contributed by atoms with Gasteiger partial charge in [0.15, 0.2) is 0 Å². The summed E-state index contributed by atoms with van der Waals surface area (Å²) in [6, 6.07) is -1.81. The molecule has 0 fully saturated rings. The van der Waals surface area contributed by atoms with Crippen molar-refractivity contribution in [2.75, 3.05) is 6.54 Å². The number of nitrogens with one attached hydrogen (secondary N) is 2. The van der Waals surface area contributed by atoms with Crippen LogP contribution in [-0.2, 0) is 9.59 Å². The Morgan fingerprint density at radius 1 is 1.46 bits per heavy atom. The van der Waals surface area contributed by atoms with Gasteiger partial charge in [-0.1, -0.05) is 0 Å². The van der Waals surface area contributed by atoms with Gasteiger partial charge in [0, 0.05) is 0 Å². The minimum absolute atomic E-state index is 0.267. The van der Waals surface area contributed by atoms with E-state index in [0.717, 1.165) is 0 Å². The predicted octanol–water partition coefficient (Wildman–Crippen LogP) is -1.76. The van der Waals surface area contributed by atoms with Crippen LogP contribution in [0.15, 0.2) is 0 Å². The number of primary amides is 1. The van der Waals surface area contributed by atoms with Crippen molar-refractivity contribution in [2.45, 2.75) is 13.0 Å². The highest BCUT2D eigenvalue weighted by atomic mass is 16.4. The normalized spacial score (nSPS) is 11.8. The summed E-state index contributed by atoms with van der Waals surface area (Å²) in [6.45, 7) is 1.11. The van der Waals surface area contributed by atoms with E-state index in [0.29, 0.717) is 0 Å². The predicted molar refractivity (Wildman–Crippen MR) is 42.8 cm³/mol. The summed E-state index contributed by atoms with van der Waals surface area (Å²) in [7, 11) is 0. The highest BCUT2D eigenvalue weighted by Gasteiger charge is 2.11. The van der Waals surface area contributed by atoms with Crippen LogP contribution < -0.4 is 16.4 Å². The minimum atomic E-state index is -1.08. The molecule has 0 aliphatic carbocycles. The third kappa shape index (κ3) is 5.62. The second-order valence-electron chi connectivity index (χ2n) is 2.35. The Labute approximate surface area is 74.3 Å². The van der Waals surface area contributed by atoms with E-state index in [9.17, 15) is 14.4 Å². The highest BCUT2D eigenvalue weighted by molar-refractivity contribution is 5.94. The first-order valence-corrected chi connectivity index (χ1v) is 3.49. The number of carboxylic acid groups (broad SMARTS) is 1. The summed E-state index contributed by atoms with van der Waals surface area (Å²) >= 11 is 0. The molecule has 0 aromatic carbocycles. The number of nitrogens with two attached hydrogens (primary N) is 1. The average molecular weight is 189 g/mol. The molecule has 0 aromatic heterocycles. The molecule has 0 rings (SSSR count). The van der Waals surface area contributed by atoms with E-state index in [1.165, 1.54) is 6.92 Å². The van der Waals surface area contributed by atoms with Gasteiger partial charge >= 0.3 is 12.0 Å². The summed E-state index contributed by atoms with van der Waals surface area (Å²) in [5, 5.41) is 12.5. The van der Waals surface area contributed by atoms with Gasteiger partial charge in [-0.2, -0.15) is 0 Å². The first-order valence-electron chi connectivity index (χ1n) is 3.49. The van der Waals surface area contributed by atoms with Gasteiger partial charge in [-0.05, 0) is 6.92 Å².